The molecule has 0 fully saturated rings. The molecule has 0 saturated heterocycles. The summed E-state index contributed by atoms with van der Waals surface area (Å²) in [5, 5.41) is 0. The monoisotopic (exact) mass is 514 g/mol. The van der Waals surface area contributed by atoms with E-state index in [1.807, 2.05) is 0 Å². The Kier molecular flexibility index (Phi) is 26.9. The molecule has 0 aromatic carbocycles. The number of unbranched alkanes of at least 4 members (excludes halogenated alkanes) is 11. The second kappa shape index (κ2) is 27.4. The molecule has 0 atom stereocenters. The van der Waals surface area contributed by atoms with E-state index in [1.54, 1.807) is 0 Å². The summed E-state index contributed by atoms with van der Waals surface area (Å²) in [6.45, 7) is 13.0. The second-order valence-electron chi connectivity index (χ2n) is 10.3. The number of hydrogen-bond acceptors (Lipinski definition) is 5. The van der Waals surface area contributed by atoms with Crippen LogP contribution in [0.15, 0.2) is 0 Å². The van der Waals surface area contributed by atoms with Crippen LogP contribution in [-0.4, -0.2) is 52.2 Å². The first kappa shape index (κ1) is 35.4. The molecule has 0 heterocycles. The standard InChI is InChI=1S/C31H62O5/c1-5-9-12-14-16-18-21-31(8-4,22-19-17-15-13-10-6-2)30(32)36-29-28-35-27-26-34-25-20-24-33-23-11-7-3/h5-29H2,1-4H3. The highest BCUT2D eigenvalue weighted by atomic mass is 16.6. The lowest BCUT2D eigenvalue weighted by Crippen LogP contribution is -2.33. The van der Waals surface area contributed by atoms with Crippen LogP contribution in [0.5, 0.6) is 0 Å². The van der Waals surface area contributed by atoms with Crippen LogP contribution in [0.3, 0.4) is 0 Å². The van der Waals surface area contributed by atoms with Crippen molar-refractivity contribution in [1.29, 1.82) is 0 Å². The number of esters is 1. The Morgan fingerprint density at radius 2 is 0.889 bits per heavy atom. The molecule has 0 rings (SSSR count). The van der Waals surface area contributed by atoms with E-state index in [0.717, 1.165) is 58.2 Å². The van der Waals surface area contributed by atoms with Crippen LogP contribution in [0.25, 0.3) is 0 Å². The molecule has 0 unspecified atom stereocenters. The van der Waals surface area contributed by atoms with Crippen molar-refractivity contribution in [1.82, 2.24) is 0 Å². The van der Waals surface area contributed by atoms with E-state index in [-0.39, 0.29) is 11.4 Å². The lowest BCUT2D eigenvalue weighted by molar-refractivity contribution is -0.159. The largest absolute Gasteiger partial charge is 0.463 e. The van der Waals surface area contributed by atoms with E-state index in [0.29, 0.717) is 33.0 Å². The third-order valence-electron chi connectivity index (χ3n) is 7.18. The Morgan fingerprint density at radius 3 is 1.42 bits per heavy atom. The van der Waals surface area contributed by atoms with Gasteiger partial charge in [0.2, 0.25) is 0 Å². The molecule has 0 bridgehead atoms. The molecule has 0 spiro atoms. The average Bonchev–Trinajstić information content (AvgIpc) is 2.89. The maximum atomic E-state index is 13.2. The maximum absolute atomic E-state index is 13.2. The van der Waals surface area contributed by atoms with Gasteiger partial charge in [-0.3, -0.25) is 4.79 Å². The quantitative estimate of drug-likeness (QED) is 0.0738. The fourth-order valence-electron chi connectivity index (χ4n) is 4.59. The first-order valence-corrected chi connectivity index (χ1v) is 15.6. The molecule has 5 nitrogen and oxygen atoms in total. The van der Waals surface area contributed by atoms with Crippen LogP contribution >= 0.6 is 0 Å². The summed E-state index contributed by atoms with van der Waals surface area (Å²) < 4.78 is 22.5. The highest BCUT2D eigenvalue weighted by Crippen LogP contribution is 2.37. The minimum Gasteiger partial charge on any atom is -0.463 e. The van der Waals surface area contributed by atoms with Crippen LogP contribution in [0, 0.1) is 5.41 Å². The number of hydrogen-bond donors (Lipinski definition) is 0. The summed E-state index contributed by atoms with van der Waals surface area (Å²) in [6.07, 6.45) is 21.0. The van der Waals surface area contributed by atoms with Gasteiger partial charge in [0, 0.05) is 19.8 Å². The first-order chi connectivity index (χ1) is 17.7. The van der Waals surface area contributed by atoms with E-state index < -0.39 is 0 Å². The van der Waals surface area contributed by atoms with Crippen molar-refractivity contribution in [2.45, 2.75) is 143 Å². The molecule has 0 amide bonds. The molecule has 0 N–H and O–H groups in total. The van der Waals surface area contributed by atoms with Crippen LogP contribution in [-0.2, 0) is 23.7 Å². The minimum atomic E-state index is -0.322. The highest BCUT2D eigenvalue weighted by molar-refractivity contribution is 5.76. The Morgan fingerprint density at radius 1 is 0.472 bits per heavy atom. The third kappa shape index (κ3) is 20.4. The zero-order chi connectivity index (χ0) is 26.6. The lowest BCUT2D eigenvalue weighted by Gasteiger charge is -2.31. The zero-order valence-electron chi connectivity index (χ0n) is 24.7. The number of carbonyl (C=O) groups excluding carboxylic acids is 1. The molecule has 0 radical (unpaired) electrons. The van der Waals surface area contributed by atoms with Crippen molar-refractivity contribution in [3.05, 3.63) is 0 Å². The summed E-state index contributed by atoms with van der Waals surface area (Å²) >= 11 is 0. The Labute approximate surface area is 224 Å². The van der Waals surface area contributed by atoms with Gasteiger partial charge in [0.1, 0.15) is 6.61 Å². The van der Waals surface area contributed by atoms with Gasteiger partial charge in [-0.05, 0) is 32.1 Å². The molecular weight excluding hydrogens is 452 g/mol. The van der Waals surface area contributed by atoms with Crippen molar-refractivity contribution in [3.63, 3.8) is 0 Å². The second-order valence-corrected chi connectivity index (χ2v) is 10.3. The normalized spacial score (nSPS) is 11.8. The summed E-state index contributed by atoms with van der Waals surface area (Å²) in [5.41, 5.74) is -0.322. The van der Waals surface area contributed by atoms with Crippen molar-refractivity contribution in [3.8, 4) is 0 Å². The van der Waals surface area contributed by atoms with Gasteiger partial charge in [0.05, 0.1) is 25.2 Å². The van der Waals surface area contributed by atoms with Gasteiger partial charge >= 0.3 is 5.97 Å². The smallest absolute Gasteiger partial charge is 0.312 e. The van der Waals surface area contributed by atoms with Gasteiger partial charge in [-0.1, -0.05) is 111 Å². The molecule has 0 aliphatic heterocycles. The number of rotatable bonds is 29. The minimum absolute atomic E-state index is 0.00459. The molecule has 216 valence electrons. The van der Waals surface area contributed by atoms with Gasteiger partial charge in [-0.15, -0.1) is 0 Å². The van der Waals surface area contributed by atoms with Crippen LogP contribution in [0.2, 0.25) is 0 Å². The molecule has 36 heavy (non-hydrogen) atoms. The molecule has 5 heteroatoms. The first-order valence-electron chi connectivity index (χ1n) is 15.6. The SMILES string of the molecule is CCCCCCCCC(CC)(CCCCCCCC)C(=O)OCCOCCOCCCOCCCC. The van der Waals surface area contributed by atoms with Gasteiger partial charge in [0.15, 0.2) is 0 Å². The van der Waals surface area contributed by atoms with E-state index in [9.17, 15) is 4.79 Å². The zero-order valence-corrected chi connectivity index (χ0v) is 24.7. The van der Waals surface area contributed by atoms with E-state index in [1.165, 1.54) is 70.6 Å². The molecule has 0 aliphatic carbocycles. The van der Waals surface area contributed by atoms with Crippen molar-refractivity contribution >= 4 is 5.97 Å². The Hall–Kier alpha value is -0.650. The van der Waals surface area contributed by atoms with Crippen LogP contribution in [0.1, 0.15) is 143 Å². The average molecular weight is 515 g/mol. The lowest BCUT2D eigenvalue weighted by atomic mass is 9.75. The third-order valence-corrected chi connectivity index (χ3v) is 7.18. The summed E-state index contributed by atoms with van der Waals surface area (Å²) in [7, 11) is 0. The molecule has 0 aromatic rings. The molecular formula is C31H62O5. The fraction of sp³-hybridized carbons (Fsp3) is 0.968. The predicted octanol–water partition coefficient (Wildman–Crippen LogP) is 8.67. The summed E-state index contributed by atoms with van der Waals surface area (Å²) in [4.78, 5) is 13.2. The van der Waals surface area contributed by atoms with Crippen molar-refractivity contribution < 1.29 is 23.7 Å². The van der Waals surface area contributed by atoms with Gasteiger partial charge in [-0.2, -0.15) is 0 Å². The number of carbonyl (C=O) groups is 1. The van der Waals surface area contributed by atoms with E-state index in [4.69, 9.17) is 18.9 Å². The topological polar surface area (TPSA) is 54.0 Å². The van der Waals surface area contributed by atoms with Gasteiger partial charge in [0.25, 0.3) is 0 Å². The molecule has 0 aliphatic rings. The predicted molar refractivity (Wildman–Crippen MR) is 152 cm³/mol. The Balaban J connectivity index is 4.21. The Bertz CT molecular complexity index is 438. The van der Waals surface area contributed by atoms with Crippen molar-refractivity contribution in [2.24, 2.45) is 5.41 Å². The van der Waals surface area contributed by atoms with E-state index in [2.05, 4.69) is 27.7 Å². The fourth-order valence-corrected chi connectivity index (χ4v) is 4.59. The summed E-state index contributed by atoms with van der Waals surface area (Å²) in [5.74, 6) is -0.00459. The van der Waals surface area contributed by atoms with Crippen molar-refractivity contribution in [2.75, 3.05) is 46.2 Å². The molecule has 0 aromatic heterocycles. The van der Waals surface area contributed by atoms with E-state index >= 15 is 0 Å². The van der Waals surface area contributed by atoms with Crippen LogP contribution < -0.4 is 0 Å². The van der Waals surface area contributed by atoms with Gasteiger partial charge in [-0.25, -0.2) is 0 Å². The summed E-state index contributed by atoms with van der Waals surface area (Å²) in [6, 6.07) is 0. The molecule has 0 saturated carbocycles. The maximum Gasteiger partial charge on any atom is 0.312 e. The van der Waals surface area contributed by atoms with Crippen LogP contribution in [0.4, 0.5) is 0 Å². The highest BCUT2D eigenvalue weighted by Gasteiger charge is 2.37. The number of ether oxygens (including phenoxy) is 4. The van der Waals surface area contributed by atoms with Gasteiger partial charge < -0.3 is 18.9 Å².